The zero-order valence-electron chi connectivity index (χ0n) is 26.1. The standard InChI is InChI=1S/C31H46F2N4O5S/c1-21(2)19-37(43(7,40)41)20-27(42-6)26(16-22-12-9-8-10-13-22)35-30(39)29(31(3,4)5)36-28(38)18-34-17-23-24(32)14-11-15-25(23)33/h8-15,21,26-27,29,34H,16-20H2,1-7H3,(H,35,39)(H,36,38)/t26-,27+,29+/m0/s1. The van der Waals surface area contributed by atoms with Crippen LogP contribution in [0.5, 0.6) is 0 Å². The Balaban J connectivity index is 2.24. The van der Waals surface area contributed by atoms with Crippen molar-refractivity contribution in [2.45, 2.75) is 65.8 Å². The summed E-state index contributed by atoms with van der Waals surface area (Å²) in [6, 6.07) is 11.3. The van der Waals surface area contributed by atoms with Gasteiger partial charge >= 0.3 is 0 Å². The van der Waals surface area contributed by atoms with Gasteiger partial charge in [-0.05, 0) is 35.4 Å². The third-order valence-electron chi connectivity index (χ3n) is 6.88. The number of rotatable bonds is 16. The highest BCUT2D eigenvalue weighted by Crippen LogP contribution is 2.21. The molecule has 3 atom stereocenters. The molecule has 12 heteroatoms. The molecular formula is C31H46F2N4O5S. The molecule has 0 unspecified atom stereocenters. The highest BCUT2D eigenvalue weighted by Gasteiger charge is 2.36. The number of hydrogen-bond acceptors (Lipinski definition) is 6. The van der Waals surface area contributed by atoms with E-state index in [1.165, 1.54) is 17.5 Å². The second-order valence-electron chi connectivity index (χ2n) is 12.2. The van der Waals surface area contributed by atoms with Crippen LogP contribution in [-0.2, 0) is 37.3 Å². The Morgan fingerprint density at radius 2 is 1.56 bits per heavy atom. The van der Waals surface area contributed by atoms with E-state index in [1.54, 1.807) is 20.8 Å². The van der Waals surface area contributed by atoms with E-state index in [-0.39, 0.29) is 37.7 Å². The summed E-state index contributed by atoms with van der Waals surface area (Å²) in [6.45, 7) is 9.06. The Labute approximate surface area is 254 Å². The molecule has 0 spiro atoms. The van der Waals surface area contributed by atoms with Crippen molar-refractivity contribution in [3.63, 3.8) is 0 Å². The highest BCUT2D eigenvalue weighted by molar-refractivity contribution is 7.88. The van der Waals surface area contributed by atoms with Gasteiger partial charge in [-0.25, -0.2) is 17.2 Å². The van der Waals surface area contributed by atoms with E-state index in [9.17, 15) is 26.8 Å². The average molecular weight is 625 g/mol. The van der Waals surface area contributed by atoms with Crippen LogP contribution in [0.4, 0.5) is 8.78 Å². The number of hydrogen-bond donors (Lipinski definition) is 3. The smallest absolute Gasteiger partial charge is 0.243 e. The van der Waals surface area contributed by atoms with Crippen molar-refractivity contribution in [3.8, 4) is 0 Å². The number of ether oxygens (including phenoxy) is 1. The topological polar surface area (TPSA) is 117 Å². The van der Waals surface area contributed by atoms with Crippen molar-refractivity contribution in [3.05, 3.63) is 71.3 Å². The van der Waals surface area contributed by atoms with Crippen LogP contribution in [0.3, 0.4) is 0 Å². The van der Waals surface area contributed by atoms with Crippen LogP contribution >= 0.6 is 0 Å². The van der Waals surface area contributed by atoms with Crippen molar-refractivity contribution < 1.29 is 31.5 Å². The lowest BCUT2D eigenvalue weighted by molar-refractivity contribution is -0.132. The van der Waals surface area contributed by atoms with Crippen LogP contribution in [0.15, 0.2) is 48.5 Å². The van der Waals surface area contributed by atoms with Crippen LogP contribution in [0, 0.1) is 23.0 Å². The van der Waals surface area contributed by atoms with Gasteiger partial charge in [0.15, 0.2) is 0 Å². The summed E-state index contributed by atoms with van der Waals surface area (Å²) in [5.41, 5.74) is 0.00848. The monoisotopic (exact) mass is 624 g/mol. The van der Waals surface area contributed by atoms with Crippen molar-refractivity contribution in [1.29, 1.82) is 0 Å². The lowest BCUT2D eigenvalue weighted by atomic mass is 9.85. The molecular weight excluding hydrogens is 578 g/mol. The van der Waals surface area contributed by atoms with Crippen LogP contribution in [0.2, 0.25) is 0 Å². The van der Waals surface area contributed by atoms with Gasteiger partial charge in [0.05, 0.1) is 24.9 Å². The Kier molecular flexibility index (Phi) is 13.7. The number of nitrogens with zero attached hydrogens (tertiary/aromatic N) is 1. The zero-order valence-corrected chi connectivity index (χ0v) is 26.9. The fourth-order valence-corrected chi connectivity index (χ4v) is 5.61. The maximum Gasteiger partial charge on any atom is 0.243 e. The van der Waals surface area contributed by atoms with Crippen molar-refractivity contribution >= 4 is 21.8 Å². The van der Waals surface area contributed by atoms with Gasteiger partial charge < -0.3 is 20.7 Å². The van der Waals surface area contributed by atoms with Gasteiger partial charge in [-0.2, -0.15) is 4.31 Å². The molecule has 2 aromatic carbocycles. The SMILES string of the molecule is CO[C@H](CN(CC(C)C)S(C)(=O)=O)[C@H](Cc1ccccc1)NC(=O)[C@@H](NC(=O)CNCc1c(F)cccc1F)C(C)(C)C. The van der Waals surface area contributed by atoms with Crippen molar-refractivity contribution in [2.75, 3.05) is 33.0 Å². The van der Waals surface area contributed by atoms with E-state index in [1.807, 2.05) is 44.2 Å². The molecule has 2 amide bonds. The summed E-state index contributed by atoms with van der Waals surface area (Å²) in [5, 5.41) is 8.48. The molecule has 0 aliphatic heterocycles. The fourth-order valence-electron chi connectivity index (χ4n) is 4.62. The molecule has 3 N–H and O–H groups in total. The normalized spacial score (nSPS) is 14.4. The van der Waals surface area contributed by atoms with Gasteiger partial charge in [0.25, 0.3) is 0 Å². The third kappa shape index (κ3) is 11.9. The Morgan fingerprint density at radius 1 is 0.953 bits per heavy atom. The summed E-state index contributed by atoms with van der Waals surface area (Å²) >= 11 is 0. The number of methoxy groups -OCH3 is 1. The molecule has 0 radical (unpaired) electrons. The van der Waals surface area contributed by atoms with E-state index in [2.05, 4.69) is 16.0 Å². The number of benzene rings is 2. The molecule has 0 fully saturated rings. The van der Waals surface area contributed by atoms with Gasteiger partial charge in [0.2, 0.25) is 21.8 Å². The minimum atomic E-state index is -3.56. The maximum absolute atomic E-state index is 13.9. The Hall–Kier alpha value is -2.93. The molecule has 2 rings (SSSR count). The summed E-state index contributed by atoms with van der Waals surface area (Å²) < 4.78 is 60.2. The molecule has 0 aliphatic carbocycles. The van der Waals surface area contributed by atoms with Crippen molar-refractivity contribution in [2.24, 2.45) is 11.3 Å². The van der Waals surface area contributed by atoms with Gasteiger partial charge in [-0.15, -0.1) is 0 Å². The number of carbonyl (C=O) groups excluding carboxylic acids is 2. The average Bonchev–Trinajstić information content (AvgIpc) is 2.90. The molecule has 0 aromatic heterocycles. The number of sulfonamides is 1. The van der Waals surface area contributed by atoms with E-state index in [4.69, 9.17) is 4.74 Å². The summed E-state index contributed by atoms with van der Waals surface area (Å²) in [7, 11) is -2.09. The van der Waals surface area contributed by atoms with Gasteiger partial charge in [-0.1, -0.05) is 71.0 Å². The first kappa shape index (κ1) is 36.3. The van der Waals surface area contributed by atoms with Crippen LogP contribution in [0.25, 0.3) is 0 Å². The Morgan fingerprint density at radius 3 is 2.07 bits per heavy atom. The quantitative estimate of drug-likeness (QED) is 0.264. The maximum atomic E-state index is 13.9. The lowest BCUT2D eigenvalue weighted by Crippen LogP contribution is -2.59. The van der Waals surface area contributed by atoms with Crippen molar-refractivity contribution in [1.82, 2.24) is 20.3 Å². The van der Waals surface area contributed by atoms with E-state index in [0.717, 1.165) is 24.0 Å². The van der Waals surface area contributed by atoms with Crippen LogP contribution in [-0.4, -0.2) is 75.7 Å². The number of amides is 2. The molecule has 43 heavy (non-hydrogen) atoms. The molecule has 0 heterocycles. The molecule has 0 bridgehead atoms. The highest BCUT2D eigenvalue weighted by atomic mass is 32.2. The lowest BCUT2D eigenvalue weighted by Gasteiger charge is -2.35. The first-order chi connectivity index (χ1) is 20.0. The summed E-state index contributed by atoms with van der Waals surface area (Å²) in [4.78, 5) is 26.6. The van der Waals surface area contributed by atoms with E-state index < -0.39 is 57.1 Å². The number of carbonyl (C=O) groups is 2. The number of nitrogens with one attached hydrogen (secondary N) is 3. The minimum absolute atomic E-state index is 0.0222. The Bertz CT molecular complexity index is 1280. The first-order valence-corrected chi connectivity index (χ1v) is 16.1. The predicted molar refractivity (Wildman–Crippen MR) is 164 cm³/mol. The molecule has 9 nitrogen and oxygen atoms in total. The van der Waals surface area contributed by atoms with Crippen LogP contribution in [0.1, 0.15) is 45.7 Å². The largest absolute Gasteiger partial charge is 0.378 e. The summed E-state index contributed by atoms with van der Waals surface area (Å²) in [5.74, 6) is -2.38. The summed E-state index contributed by atoms with van der Waals surface area (Å²) in [6.07, 6.45) is 0.795. The zero-order chi connectivity index (χ0) is 32.4. The van der Waals surface area contributed by atoms with E-state index in [0.29, 0.717) is 6.42 Å². The van der Waals surface area contributed by atoms with E-state index >= 15 is 0 Å². The first-order valence-electron chi connectivity index (χ1n) is 14.3. The minimum Gasteiger partial charge on any atom is -0.378 e. The third-order valence-corrected chi connectivity index (χ3v) is 8.12. The molecule has 0 aliphatic rings. The molecule has 240 valence electrons. The predicted octanol–water partition coefficient (Wildman–Crippen LogP) is 3.25. The van der Waals surface area contributed by atoms with Gasteiger partial charge in [0, 0.05) is 32.3 Å². The second-order valence-corrected chi connectivity index (χ2v) is 14.2. The van der Waals surface area contributed by atoms with Gasteiger partial charge in [-0.3, -0.25) is 9.59 Å². The molecule has 0 saturated carbocycles. The molecule has 2 aromatic rings. The van der Waals surface area contributed by atoms with Gasteiger partial charge in [0.1, 0.15) is 17.7 Å². The fraction of sp³-hybridized carbons (Fsp3) is 0.548. The number of halogens is 2. The molecule has 0 saturated heterocycles. The van der Waals surface area contributed by atoms with Crippen LogP contribution < -0.4 is 16.0 Å². The second kappa shape index (κ2) is 16.2.